The highest BCUT2D eigenvalue weighted by Gasteiger charge is 2.31. The lowest BCUT2D eigenvalue weighted by atomic mass is 10.0. The standard InChI is InChI=1S/C20H22N2O5/c23-19(13-21-20(24)17-5-2-9-26-17)22-8-1-4-15(22)14-6-7-16-18(12-14)27-11-3-10-25-16/h2,5-7,9,12,15H,1,3-4,8,10-11,13H2,(H,21,24)/t15-/m0/s1. The molecule has 142 valence electrons. The SMILES string of the molecule is O=C(NCC(=O)N1CCC[C@H]1c1ccc2c(c1)OCCCO2)c1ccco1. The van der Waals surface area contributed by atoms with Crippen molar-refractivity contribution in [3.8, 4) is 11.5 Å². The molecule has 1 aromatic heterocycles. The van der Waals surface area contributed by atoms with Crippen LogP contribution in [0.3, 0.4) is 0 Å². The Hall–Kier alpha value is -2.96. The van der Waals surface area contributed by atoms with Crippen LogP contribution in [0.2, 0.25) is 0 Å². The van der Waals surface area contributed by atoms with Gasteiger partial charge in [-0.3, -0.25) is 9.59 Å². The van der Waals surface area contributed by atoms with Crippen molar-refractivity contribution in [2.24, 2.45) is 0 Å². The van der Waals surface area contributed by atoms with Crippen LogP contribution >= 0.6 is 0 Å². The molecule has 0 bridgehead atoms. The number of amides is 2. The van der Waals surface area contributed by atoms with Crippen LogP contribution in [0.1, 0.15) is 41.4 Å². The number of carbonyl (C=O) groups excluding carboxylic acids is 2. The second kappa shape index (κ2) is 7.73. The molecule has 0 saturated carbocycles. The Balaban J connectivity index is 1.43. The van der Waals surface area contributed by atoms with E-state index in [0.717, 1.165) is 36.3 Å². The first-order chi connectivity index (χ1) is 13.2. The zero-order valence-electron chi connectivity index (χ0n) is 15.0. The number of benzene rings is 1. The largest absolute Gasteiger partial charge is 0.490 e. The van der Waals surface area contributed by atoms with Gasteiger partial charge < -0.3 is 24.1 Å². The Morgan fingerprint density at radius 3 is 2.78 bits per heavy atom. The van der Waals surface area contributed by atoms with Gasteiger partial charge in [0, 0.05) is 13.0 Å². The van der Waals surface area contributed by atoms with Gasteiger partial charge in [0.25, 0.3) is 5.91 Å². The molecule has 1 N–H and O–H groups in total. The van der Waals surface area contributed by atoms with E-state index >= 15 is 0 Å². The summed E-state index contributed by atoms with van der Waals surface area (Å²) in [4.78, 5) is 26.5. The summed E-state index contributed by atoms with van der Waals surface area (Å²) < 4.78 is 16.5. The minimum atomic E-state index is -0.389. The molecule has 2 aromatic rings. The Labute approximate surface area is 157 Å². The van der Waals surface area contributed by atoms with Gasteiger partial charge in [-0.1, -0.05) is 6.07 Å². The topological polar surface area (TPSA) is 81.0 Å². The van der Waals surface area contributed by atoms with E-state index in [0.29, 0.717) is 19.8 Å². The summed E-state index contributed by atoms with van der Waals surface area (Å²) in [5.41, 5.74) is 1.03. The van der Waals surface area contributed by atoms with E-state index < -0.39 is 0 Å². The van der Waals surface area contributed by atoms with Gasteiger partial charge in [0.2, 0.25) is 5.91 Å². The van der Waals surface area contributed by atoms with Crippen molar-refractivity contribution < 1.29 is 23.5 Å². The van der Waals surface area contributed by atoms with Crippen LogP contribution in [-0.2, 0) is 4.79 Å². The molecule has 2 aliphatic rings. The lowest BCUT2D eigenvalue weighted by Gasteiger charge is -2.25. The molecule has 0 aliphatic carbocycles. The molecule has 0 radical (unpaired) electrons. The van der Waals surface area contributed by atoms with E-state index in [9.17, 15) is 9.59 Å². The zero-order chi connectivity index (χ0) is 18.6. The van der Waals surface area contributed by atoms with Crippen molar-refractivity contribution in [2.75, 3.05) is 26.3 Å². The maximum Gasteiger partial charge on any atom is 0.287 e. The predicted octanol–water partition coefficient (Wildman–Crippen LogP) is 2.53. The number of hydrogen-bond acceptors (Lipinski definition) is 5. The van der Waals surface area contributed by atoms with E-state index in [1.807, 2.05) is 23.1 Å². The van der Waals surface area contributed by atoms with Gasteiger partial charge in [-0.2, -0.15) is 0 Å². The molecule has 3 heterocycles. The molecule has 0 spiro atoms. The summed E-state index contributed by atoms with van der Waals surface area (Å²) in [5.74, 6) is 1.18. The van der Waals surface area contributed by atoms with Crippen molar-refractivity contribution in [3.05, 3.63) is 47.9 Å². The Kier molecular flexibility index (Phi) is 5.00. The van der Waals surface area contributed by atoms with Crippen molar-refractivity contribution in [1.82, 2.24) is 10.2 Å². The van der Waals surface area contributed by atoms with Crippen molar-refractivity contribution in [2.45, 2.75) is 25.3 Å². The fourth-order valence-corrected chi connectivity index (χ4v) is 3.55. The summed E-state index contributed by atoms with van der Waals surface area (Å²) in [5, 5.41) is 2.62. The second-order valence-electron chi connectivity index (χ2n) is 6.66. The smallest absolute Gasteiger partial charge is 0.287 e. The average Bonchev–Trinajstić information content (AvgIpc) is 3.34. The molecule has 1 atom stereocenters. The molecule has 27 heavy (non-hydrogen) atoms. The third-order valence-electron chi connectivity index (χ3n) is 4.87. The number of fused-ring (bicyclic) bond motifs is 1. The van der Waals surface area contributed by atoms with Crippen LogP contribution in [0.25, 0.3) is 0 Å². The molecule has 1 fully saturated rings. The number of hydrogen-bond donors (Lipinski definition) is 1. The van der Waals surface area contributed by atoms with Crippen LogP contribution in [0.4, 0.5) is 0 Å². The summed E-state index contributed by atoms with van der Waals surface area (Å²) in [6, 6.07) is 9.06. The molecule has 2 amide bonds. The normalized spacial score (nSPS) is 18.8. The highest BCUT2D eigenvalue weighted by atomic mass is 16.5. The third kappa shape index (κ3) is 3.77. The molecule has 7 heteroatoms. The molecule has 7 nitrogen and oxygen atoms in total. The van der Waals surface area contributed by atoms with E-state index in [1.165, 1.54) is 6.26 Å². The second-order valence-corrected chi connectivity index (χ2v) is 6.66. The minimum absolute atomic E-state index is 0.0184. The lowest BCUT2D eigenvalue weighted by molar-refractivity contribution is -0.131. The number of ether oxygens (including phenoxy) is 2. The lowest BCUT2D eigenvalue weighted by Crippen LogP contribution is -2.39. The maximum absolute atomic E-state index is 12.7. The van der Waals surface area contributed by atoms with Gasteiger partial charge in [0.15, 0.2) is 17.3 Å². The quantitative estimate of drug-likeness (QED) is 0.894. The Morgan fingerprint density at radius 2 is 1.96 bits per heavy atom. The molecule has 2 aliphatic heterocycles. The minimum Gasteiger partial charge on any atom is -0.490 e. The van der Waals surface area contributed by atoms with Gasteiger partial charge in [0.1, 0.15) is 0 Å². The average molecular weight is 370 g/mol. The molecule has 1 aromatic carbocycles. The molecule has 4 rings (SSSR count). The van der Waals surface area contributed by atoms with Crippen LogP contribution in [0, 0.1) is 0 Å². The number of rotatable bonds is 4. The van der Waals surface area contributed by atoms with E-state index in [2.05, 4.69) is 5.32 Å². The van der Waals surface area contributed by atoms with Crippen LogP contribution in [-0.4, -0.2) is 43.0 Å². The van der Waals surface area contributed by atoms with Crippen LogP contribution in [0.5, 0.6) is 11.5 Å². The number of carbonyl (C=O) groups is 2. The number of nitrogens with one attached hydrogen (secondary N) is 1. The number of nitrogens with zero attached hydrogens (tertiary/aromatic N) is 1. The Morgan fingerprint density at radius 1 is 1.11 bits per heavy atom. The van der Waals surface area contributed by atoms with Crippen molar-refractivity contribution in [3.63, 3.8) is 0 Å². The van der Waals surface area contributed by atoms with Gasteiger partial charge >= 0.3 is 0 Å². The number of likely N-dealkylation sites (tertiary alicyclic amines) is 1. The van der Waals surface area contributed by atoms with Gasteiger partial charge in [0.05, 0.1) is 32.1 Å². The van der Waals surface area contributed by atoms with Gasteiger partial charge in [-0.05, 0) is 42.7 Å². The monoisotopic (exact) mass is 370 g/mol. The van der Waals surface area contributed by atoms with Gasteiger partial charge in [-0.25, -0.2) is 0 Å². The molecule has 1 saturated heterocycles. The zero-order valence-corrected chi connectivity index (χ0v) is 15.0. The summed E-state index contributed by atoms with van der Waals surface area (Å²) >= 11 is 0. The fourth-order valence-electron chi connectivity index (χ4n) is 3.55. The van der Waals surface area contributed by atoms with Crippen molar-refractivity contribution in [1.29, 1.82) is 0 Å². The van der Waals surface area contributed by atoms with Gasteiger partial charge in [-0.15, -0.1) is 0 Å². The Bertz CT molecular complexity index is 818. The highest BCUT2D eigenvalue weighted by Crippen LogP contribution is 2.37. The van der Waals surface area contributed by atoms with Crippen molar-refractivity contribution >= 4 is 11.8 Å². The molecular formula is C20H22N2O5. The van der Waals surface area contributed by atoms with E-state index in [1.54, 1.807) is 12.1 Å². The predicted molar refractivity (Wildman–Crippen MR) is 96.8 cm³/mol. The number of furan rings is 1. The first-order valence-corrected chi connectivity index (χ1v) is 9.23. The summed E-state index contributed by atoms with van der Waals surface area (Å²) in [6.45, 7) is 1.90. The maximum atomic E-state index is 12.7. The van der Waals surface area contributed by atoms with E-state index in [-0.39, 0.29) is 30.2 Å². The summed E-state index contributed by atoms with van der Waals surface area (Å²) in [7, 11) is 0. The fraction of sp³-hybridized carbons (Fsp3) is 0.400. The first kappa shape index (κ1) is 17.5. The van der Waals surface area contributed by atoms with Crippen LogP contribution in [0.15, 0.2) is 41.0 Å². The first-order valence-electron chi connectivity index (χ1n) is 9.23. The molecule has 0 unspecified atom stereocenters. The van der Waals surface area contributed by atoms with Crippen LogP contribution < -0.4 is 14.8 Å². The third-order valence-corrected chi connectivity index (χ3v) is 4.87. The molecular weight excluding hydrogens is 348 g/mol. The summed E-state index contributed by atoms with van der Waals surface area (Å²) in [6.07, 6.45) is 4.10. The highest BCUT2D eigenvalue weighted by molar-refractivity contribution is 5.94. The van der Waals surface area contributed by atoms with E-state index in [4.69, 9.17) is 13.9 Å².